The fourth-order valence-electron chi connectivity index (χ4n) is 1.82. The molecular formula is C10H19N3O3. The van der Waals surface area contributed by atoms with Gasteiger partial charge in [-0.05, 0) is 20.8 Å². The lowest BCUT2D eigenvalue weighted by molar-refractivity contribution is -0.139. The summed E-state index contributed by atoms with van der Waals surface area (Å²) in [6.07, 6.45) is -1.18. The van der Waals surface area contributed by atoms with E-state index in [1.807, 2.05) is 6.92 Å². The molecule has 2 amide bonds. The van der Waals surface area contributed by atoms with Crippen LogP contribution in [0.5, 0.6) is 0 Å². The van der Waals surface area contributed by atoms with E-state index < -0.39 is 11.6 Å². The minimum atomic E-state index is -1.18. The summed E-state index contributed by atoms with van der Waals surface area (Å²) in [4.78, 5) is 24.4. The van der Waals surface area contributed by atoms with Crippen molar-refractivity contribution in [3.8, 4) is 0 Å². The number of hydrogen-bond acceptors (Lipinski definition) is 3. The Kier molecular flexibility index (Phi) is 3.74. The summed E-state index contributed by atoms with van der Waals surface area (Å²) in [7, 11) is 0. The molecule has 0 radical (unpaired) electrons. The first-order chi connectivity index (χ1) is 7.34. The second-order valence-corrected chi connectivity index (χ2v) is 4.61. The van der Waals surface area contributed by atoms with Crippen molar-refractivity contribution in [1.82, 2.24) is 15.5 Å². The van der Waals surface area contributed by atoms with Gasteiger partial charge in [0.15, 0.2) is 0 Å². The van der Waals surface area contributed by atoms with Gasteiger partial charge in [-0.2, -0.15) is 0 Å². The highest BCUT2D eigenvalue weighted by Crippen LogP contribution is 2.12. The van der Waals surface area contributed by atoms with E-state index in [1.54, 1.807) is 18.7 Å². The number of carboxylic acid groups (broad SMARTS) is 1. The van der Waals surface area contributed by atoms with Crippen LogP contribution in [-0.2, 0) is 4.79 Å². The van der Waals surface area contributed by atoms with Crippen molar-refractivity contribution in [2.45, 2.75) is 32.4 Å². The van der Waals surface area contributed by atoms with Crippen molar-refractivity contribution >= 4 is 12.0 Å². The predicted molar refractivity (Wildman–Crippen MR) is 59.3 cm³/mol. The van der Waals surface area contributed by atoms with Crippen LogP contribution in [-0.4, -0.2) is 53.2 Å². The van der Waals surface area contributed by atoms with E-state index in [0.717, 1.165) is 13.1 Å². The molecule has 1 atom stereocenters. The Morgan fingerprint density at radius 1 is 1.50 bits per heavy atom. The Morgan fingerprint density at radius 2 is 2.12 bits per heavy atom. The van der Waals surface area contributed by atoms with E-state index >= 15 is 0 Å². The Labute approximate surface area is 95.0 Å². The van der Waals surface area contributed by atoms with Gasteiger partial charge in [0.25, 0.3) is 0 Å². The lowest BCUT2D eigenvalue weighted by Gasteiger charge is -2.38. The van der Waals surface area contributed by atoms with Crippen LogP contribution >= 0.6 is 0 Å². The second kappa shape index (κ2) is 4.69. The van der Waals surface area contributed by atoms with Crippen molar-refractivity contribution in [3.63, 3.8) is 0 Å². The van der Waals surface area contributed by atoms with E-state index in [9.17, 15) is 9.59 Å². The van der Waals surface area contributed by atoms with Gasteiger partial charge in [0, 0.05) is 25.7 Å². The van der Waals surface area contributed by atoms with Crippen LogP contribution < -0.4 is 10.6 Å². The number of hydrogen-bond donors (Lipinski definition) is 3. The number of piperazine rings is 1. The monoisotopic (exact) mass is 229 g/mol. The quantitative estimate of drug-likeness (QED) is 0.615. The summed E-state index contributed by atoms with van der Waals surface area (Å²) in [5, 5.41) is 14.1. The molecule has 1 saturated heterocycles. The lowest BCUT2D eigenvalue weighted by Crippen LogP contribution is -2.61. The van der Waals surface area contributed by atoms with E-state index in [4.69, 9.17) is 5.11 Å². The second-order valence-electron chi connectivity index (χ2n) is 4.61. The number of carbonyl (C=O) groups is 2. The van der Waals surface area contributed by atoms with Crippen LogP contribution in [0.25, 0.3) is 0 Å². The molecule has 92 valence electrons. The molecule has 1 aliphatic rings. The number of nitrogens with one attached hydrogen (secondary N) is 2. The maximum atomic E-state index is 12.1. The molecule has 1 heterocycles. The van der Waals surface area contributed by atoms with Gasteiger partial charge in [-0.1, -0.05) is 0 Å². The minimum Gasteiger partial charge on any atom is -0.465 e. The van der Waals surface area contributed by atoms with Gasteiger partial charge in [-0.25, -0.2) is 4.79 Å². The normalized spacial score (nSPS) is 21.7. The first kappa shape index (κ1) is 12.8. The predicted octanol–water partition coefficient (Wildman–Crippen LogP) is -0.147. The Morgan fingerprint density at radius 3 is 2.62 bits per heavy atom. The molecule has 6 heteroatoms. The molecule has 0 aromatic rings. The van der Waals surface area contributed by atoms with Gasteiger partial charge >= 0.3 is 6.09 Å². The van der Waals surface area contributed by atoms with Gasteiger partial charge in [0.1, 0.15) is 5.54 Å². The van der Waals surface area contributed by atoms with E-state index in [1.165, 1.54) is 0 Å². The Balaban J connectivity index is 2.71. The van der Waals surface area contributed by atoms with Crippen molar-refractivity contribution in [3.05, 3.63) is 0 Å². The first-order valence-electron chi connectivity index (χ1n) is 5.37. The number of nitrogens with zero attached hydrogens (tertiary/aromatic N) is 1. The Bertz CT molecular complexity index is 291. The summed E-state index contributed by atoms with van der Waals surface area (Å²) in [6, 6.07) is 0.0936. The highest BCUT2D eigenvalue weighted by Gasteiger charge is 2.36. The third kappa shape index (κ3) is 2.85. The molecule has 3 N–H and O–H groups in total. The van der Waals surface area contributed by atoms with Gasteiger partial charge < -0.3 is 20.6 Å². The van der Waals surface area contributed by atoms with E-state index in [0.29, 0.717) is 6.54 Å². The summed E-state index contributed by atoms with van der Waals surface area (Å²) in [5.74, 6) is -0.177. The highest BCUT2D eigenvalue weighted by atomic mass is 16.4. The van der Waals surface area contributed by atoms with E-state index in [-0.39, 0.29) is 11.9 Å². The molecule has 0 aromatic carbocycles. The molecule has 1 unspecified atom stereocenters. The topological polar surface area (TPSA) is 81.7 Å². The van der Waals surface area contributed by atoms with Gasteiger partial charge in [-0.15, -0.1) is 0 Å². The molecule has 0 aliphatic carbocycles. The van der Waals surface area contributed by atoms with Gasteiger partial charge in [0.05, 0.1) is 0 Å². The fraction of sp³-hybridized carbons (Fsp3) is 0.800. The summed E-state index contributed by atoms with van der Waals surface area (Å²) >= 11 is 0. The zero-order valence-corrected chi connectivity index (χ0v) is 9.91. The van der Waals surface area contributed by atoms with Crippen LogP contribution in [0.15, 0.2) is 0 Å². The van der Waals surface area contributed by atoms with E-state index in [2.05, 4.69) is 10.6 Å². The van der Waals surface area contributed by atoms with Crippen molar-refractivity contribution < 1.29 is 14.7 Å². The highest BCUT2D eigenvalue weighted by molar-refractivity contribution is 5.89. The van der Waals surface area contributed by atoms with Crippen LogP contribution in [0.4, 0.5) is 4.79 Å². The Hall–Kier alpha value is -1.30. The molecule has 16 heavy (non-hydrogen) atoms. The molecule has 0 aromatic heterocycles. The maximum Gasteiger partial charge on any atom is 0.405 e. The fourth-order valence-corrected chi connectivity index (χ4v) is 1.82. The van der Waals surface area contributed by atoms with Crippen LogP contribution in [0.2, 0.25) is 0 Å². The lowest BCUT2D eigenvalue weighted by atomic mass is 10.0. The molecule has 1 rings (SSSR count). The van der Waals surface area contributed by atoms with Crippen molar-refractivity contribution in [2.24, 2.45) is 0 Å². The number of rotatable bonds is 2. The summed E-state index contributed by atoms with van der Waals surface area (Å²) < 4.78 is 0. The van der Waals surface area contributed by atoms with Crippen LogP contribution in [0.3, 0.4) is 0 Å². The number of amides is 2. The first-order valence-corrected chi connectivity index (χ1v) is 5.37. The van der Waals surface area contributed by atoms with Gasteiger partial charge in [0.2, 0.25) is 5.91 Å². The zero-order valence-electron chi connectivity index (χ0n) is 9.91. The average molecular weight is 229 g/mol. The smallest absolute Gasteiger partial charge is 0.405 e. The SMILES string of the molecule is CC1CNCCN1C(=O)C(C)(C)NC(=O)O. The van der Waals surface area contributed by atoms with Crippen molar-refractivity contribution in [2.75, 3.05) is 19.6 Å². The third-order valence-electron chi connectivity index (χ3n) is 2.72. The van der Waals surface area contributed by atoms with Gasteiger partial charge in [-0.3, -0.25) is 4.79 Å². The third-order valence-corrected chi connectivity index (χ3v) is 2.72. The molecule has 6 nitrogen and oxygen atoms in total. The van der Waals surface area contributed by atoms with Crippen molar-refractivity contribution in [1.29, 1.82) is 0 Å². The minimum absolute atomic E-state index is 0.0936. The zero-order chi connectivity index (χ0) is 12.3. The average Bonchev–Trinajstić information content (AvgIpc) is 2.15. The molecule has 1 aliphatic heterocycles. The molecular weight excluding hydrogens is 210 g/mol. The van der Waals surface area contributed by atoms with Crippen LogP contribution in [0, 0.1) is 0 Å². The van der Waals surface area contributed by atoms with Crippen LogP contribution in [0.1, 0.15) is 20.8 Å². The standard InChI is InChI=1S/C10H19N3O3/c1-7-6-11-4-5-13(7)8(14)10(2,3)12-9(15)16/h7,11-12H,4-6H2,1-3H3,(H,15,16). The molecule has 0 saturated carbocycles. The largest absolute Gasteiger partial charge is 0.465 e. The maximum absolute atomic E-state index is 12.1. The molecule has 1 fully saturated rings. The molecule has 0 spiro atoms. The summed E-state index contributed by atoms with van der Waals surface area (Å²) in [5.41, 5.74) is -1.07. The summed E-state index contributed by atoms with van der Waals surface area (Å²) in [6.45, 7) is 7.22. The molecule has 0 bridgehead atoms. The number of carbonyl (C=O) groups excluding carboxylic acids is 1.